The Labute approximate surface area is 97.0 Å². The van der Waals surface area contributed by atoms with Gasteiger partial charge in [-0.2, -0.15) is 0 Å². The van der Waals surface area contributed by atoms with E-state index < -0.39 is 16.9 Å². The minimum Gasteiger partial charge on any atom is -0.497 e. The van der Waals surface area contributed by atoms with Crippen LogP contribution in [0.15, 0.2) is 18.2 Å². The van der Waals surface area contributed by atoms with Crippen molar-refractivity contribution in [1.82, 2.24) is 0 Å². The third kappa shape index (κ3) is 3.15. The molecule has 3 N–H and O–H groups in total. The number of benzene rings is 1. The van der Waals surface area contributed by atoms with E-state index >= 15 is 0 Å². The summed E-state index contributed by atoms with van der Waals surface area (Å²) in [4.78, 5) is 20.8. The van der Waals surface area contributed by atoms with E-state index in [4.69, 9.17) is 15.6 Å². The third-order valence-electron chi connectivity index (χ3n) is 2.24. The summed E-state index contributed by atoms with van der Waals surface area (Å²) in [6.45, 7) is 0. The number of nitro groups is 1. The quantitative estimate of drug-likeness (QED) is 0.573. The van der Waals surface area contributed by atoms with Crippen LogP contribution in [0.25, 0.3) is 0 Å². The molecule has 1 rings (SSSR count). The number of nitrogens with zero attached hydrogens (tertiary/aromatic N) is 1. The lowest BCUT2D eigenvalue weighted by Crippen LogP contribution is -2.32. The van der Waals surface area contributed by atoms with Crippen molar-refractivity contribution in [3.63, 3.8) is 0 Å². The lowest BCUT2D eigenvalue weighted by Gasteiger charge is -2.08. The minimum atomic E-state index is -1.21. The van der Waals surface area contributed by atoms with Gasteiger partial charge < -0.3 is 15.6 Å². The lowest BCUT2D eigenvalue weighted by atomic mass is 10.0. The molecule has 1 atom stereocenters. The Morgan fingerprint density at radius 3 is 2.76 bits per heavy atom. The molecule has 0 aliphatic heterocycles. The van der Waals surface area contributed by atoms with Gasteiger partial charge in [-0.3, -0.25) is 14.9 Å². The van der Waals surface area contributed by atoms with Crippen LogP contribution in [0.2, 0.25) is 0 Å². The number of methoxy groups -OCH3 is 1. The molecule has 0 aromatic heterocycles. The zero-order chi connectivity index (χ0) is 13.0. The second-order valence-corrected chi connectivity index (χ2v) is 3.40. The van der Waals surface area contributed by atoms with Crippen molar-refractivity contribution < 1.29 is 19.6 Å². The van der Waals surface area contributed by atoms with Gasteiger partial charge in [-0.05, 0) is 12.1 Å². The van der Waals surface area contributed by atoms with Gasteiger partial charge in [0.25, 0.3) is 5.69 Å². The summed E-state index contributed by atoms with van der Waals surface area (Å²) >= 11 is 0. The smallest absolute Gasteiger partial charge is 0.320 e. The monoisotopic (exact) mass is 240 g/mol. The fourth-order valence-electron chi connectivity index (χ4n) is 1.35. The normalized spacial score (nSPS) is 11.9. The van der Waals surface area contributed by atoms with Gasteiger partial charge in [-0.15, -0.1) is 0 Å². The molecular formula is C10H12N2O5. The number of hydrogen-bond acceptors (Lipinski definition) is 5. The molecule has 0 aliphatic rings. The predicted molar refractivity (Wildman–Crippen MR) is 59.0 cm³/mol. The predicted octanol–water partition coefficient (Wildman–Crippen LogP) is 0.558. The highest BCUT2D eigenvalue weighted by Gasteiger charge is 2.20. The summed E-state index contributed by atoms with van der Waals surface area (Å²) < 4.78 is 4.92. The molecule has 0 saturated heterocycles. The fourth-order valence-corrected chi connectivity index (χ4v) is 1.35. The van der Waals surface area contributed by atoms with Crippen LogP contribution >= 0.6 is 0 Å². The largest absolute Gasteiger partial charge is 0.497 e. The molecule has 7 heteroatoms. The summed E-state index contributed by atoms with van der Waals surface area (Å²) in [6.07, 6.45) is -0.122. The second-order valence-electron chi connectivity index (χ2n) is 3.40. The van der Waals surface area contributed by atoms with Crippen LogP contribution in [-0.2, 0) is 11.2 Å². The maximum Gasteiger partial charge on any atom is 0.320 e. The molecule has 0 aliphatic carbocycles. The van der Waals surface area contributed by atoms with Gasteiger partial charge >= 0.3 is 5.97 Å². The number of aliphatic carboxylic acids is 1. The molecule has 0 radical (unpaired) electrons. The van der Waals surface area contributed by atoms with Crippen molar-refractivity contribution in [2.75, 3.05) is 7.11 Å². The highest BCUT2D eigenvalue weighted by Crippen LogP contribution is 2.24. The molecule has 0 bridgehead atoms. The van der Waals surface area contributed by atoms with E-state index in [2.05, 4.69) is 0 Å². The zero-order valence-electron chi connectivity index (χ0n) is 9.12. The van der Waals surface area contributed by atoms with E-state index in [1.807, 2.05) is 0 Å². The molecule has 0 amide bonds. The number of carboxylic acid groups (broad SMARTS) is 1. The van der Waals surface area contributed by atoms with Crippen LogP contribution in [-0.4, -0.2) is 29.2 Å². The van der Waals surface area contributed by atoms with Crippen LogP contribution < -0.4 is 10.5 Å². The van der Waals surface area contributed by atoms with E-state index in [9.17, 15) is 14.9 Å². The number of ether oxygens (including phenoxy) is 1. The summed E-state index contributed by atoms with van der Waals surface area (Å²) in [7, 11) is 1.42. The first kappa shape index (κ1) is 12.9. The Morgan fingerprint density at radius 2 is 2.29 bits per heavy atom. The number of nitro benzene ring substituents is 1. The highest BCUT2D eigenvalue weighted by molar-refractivity contribution is 5.73. The average molecular weight is 240 g/mol. The minimum absolute atomic E-state index is 0.122. The first-order chi connectivity index (χ1) is 7.95. The standard InChI is InChI=1S/C10H12N2O5/c1-17-7-2-3-9(12(15)16)6(4-7)5-8(11)10(13)14/h2-4,8H,5,11H2,1H3,(H,13,14). The maximum absolute atomic E-state index is 10.7. The van der Waals surface area contributed by atoms with Crippen molar-refractivity contribution in [3.8, 4) is 5.75 Å². The van der Waals surface area contributed by atoms with Crippen molar-refractivity contribution in [2.45, 2.75) is 12.5 Å². The maximum atomic E-state index is 10.7. The van der Waals surface area contributed by atoms with Crippen LogP contribution in [0.3, 0.4) is 0 Å². The van der Waals surface area contributed by atoms with Crippen LogP contribution in [0.4, 0.5) is 5.69 Å². The molecule has 1 aromatic rings. The van der Waals surface area contributed by atoms with E-state index in [1.165, 1.54) is 25.3 Å². The van der Waals surface area contributed by atoms with Gasteiger partial charge in [0.1, 0.15) is 11.8 Å². The fraction of sp³-hybridized carbons (Fsp3) is 0.300. The molecule has 0 spiro atoms. The van der Waals surface area contributed by atoms with Crippen molar-refractivity contribution in [2.24, 2.45) is 5.73 Å². The van der Waals surface area contributed by atoms with Gasteiger partial charge in [0.15, 0.2) is 0 Å². The number of nitrogens with two attached hydrogens (primary N) is 1. The first-order valence-corrected chi connectivity index (χ1v) is 4.75. The molecule has 92 valence electrons. The van der Waals surface area contributed by atoms with Crippen LogP contribution in [0.5, 0.6) is 5.75 Å². The molecule has 0 saturated carbocycles. The molecule has 1 aromatic carbocycles. The highest BCUT2D eigenvalue weighted by atomic mass is 16.6. The number of hydrogen-bond donors (Lipinski definition) is 2. The van der Waals surface area contributed by atoms with Gasteiger partial charge in [0.2, 0.25) is 0 Å². The van der Waals surface area contributed by atoms with Crippen LogP contribution in [0, 0.1) is 10.1 Å². The van der Waals surface area contributed by atoms with Crippen LogP contribution in [0.1, 0.15) is 5.56 Å². The summed E-state index contributed by atoms with van der Waals surface area (Å²) in [5.74, 6) is -0.787. The molecule has 0 heterocycles. The number of carboxylic acids is 1. The van der Waals surface area contributed by atoms with E-state index in [0.717, 1.165) is 0 Å². The topological polar surface area (TPSA) is 116 Å². The van der Waals surface area contributed by atoms with E-state index in [1.54, 1.807) is 0 Å². The van der Waals surface area contributed by atoms with Gasteiger partial charge in [-0.25, -0.2) is 0 Å². The molecule has 0 fully saturated rings. The lowest BCUT2D eigenvalue weighted by molar-refractivity contribution is -0.385. The molecular weight excluding hydrogens is 228 g/mol. The first-order valence-electron chi connectivity index (χ1n) is 4.75. The van der Waals surface area contributed by atoms with Crippen molar-refractivity contribution >= 4 is 11.7 Å². The summed E-state index contributed by atoms with van der Waals surface area (Å²) in [5.41, 5.74) is 5.42. The SMILES string of the molecule is COc1ccc([N+](=O)[O-])c(CC(N)C(=O)O)c1. The molecule has 17 heavy (non-hydrogen) atoms. The Bertz CT molecular complexity index is 446. The van der Waals surface area contributed by atoms with Gasteiger partial charge in [0, 0.05) is 18.1 Å². The Kier molecular flexibility index (Phi) is 4.00. The Hall–Kier alpha value is -2.15. The number of rotatable bonds is 5. The third-order valence-corrected chi connectivity index (χ3v) is 2.24. The van der Waals surface area contributed by atoms with E-state index in [0.29, 0.717) is 5.75 Å². The van der Waals surface area contributed by atoms with Crippen molar-refractivity contribution in [1.29, 1.82) is 0 Å². The Morgan fingerprint density at radius 1 is 1.65 bits per heavy atom. The van der Waals surface area contributed by atoms with E-state index in [-0.39, 0.29) is 17.7 Å². The molecule has 1 unspecified atom stereocenters. The van der Waals surface area contributed by atoms with Gasteiger partial charge in [-0.1, -0.05) is 0 Å². The second kappa shape index (κ2) is 5.26. The summed E-state index contributed by atoms with van der Waals surface area (Å²) in [6, 6.07) is 2.94. The Balaban J connectivity index is 3.09. The number of carbonyl (C=O) groups is 1. The molecule has 7 nitrogen and oxygen atoms in total. The zero-order valence-corrected chi connectivity index (χ0v) is 9.12. The van der Waals surface area contributed by atoms with Crippen molar-refractivity contribution in [3.05, 3.63) is 33.9 Å². The van der Waals surface area contributed by atoms with Gasteiger partial charge in [0.05, 0.1) is 12.0 Å². The summed E-state index contributed by atoms with van der Waals surface area (Å²) in [5, 5.41) is 19.4. The average Bonchev–Trinajstić information content (AvgIpc) is 2.28.